The van der Waals surface area contributed by atoms with Crippen molar-refractivity contribution in [1.29, 1.82) is 0 Å². The van der Waals surface area contributed by atoms with E-state index < -0.39 is 0 Å². The maximum atomic E-state index is 4.77. The van der Waals surface area contributed by atoms with Crippen molar-refractivity contribution in [1.82, 2.24) is 5.32 Å². The van der Waals surface area contributed by atoms with Crippen LogP contribution < -0.4 is 5.32 Å². The molecule has 2 nitrogen and oxygen atoms in total. The number of nitrogens with zero attached hydrogens (tertiary/aromatic N) is 1. The molecular weight excluding hydrogens is 216 g/mol. The third kappa shape index (κ3) is 2.73. The normalized spacial score (nSPS) is 41.6. The number of rotatable bonds is 3. The molecule has 1 N–H and O–H groups in total. The number of hydrogen-bond donors (Lipinski definition) is 1. The second-order valence-corrected chi connectivity index (χ2v) is 6.61. The first-order valence-electron chi connectivity index (χ1n) is 6.58. The Morgan fingerprint density at radius 2 is 2.31 bits per heavy atom. The van der Waals surface area contributed by atoms with Crippen LogP contribution in [0.1, 0.15) is 46.5 Å². The summed E-state index contributed by atoms with van der Waals surface area (Å²) in [6.45, 7) is 7.95. The smallest absolute Gasteiger partial charge is 0.157 e. The summed E-state index contributed by atoms with van der Waals surface area (Å²) in [7, 11) is 0. The molecule has 3 unspecified atom stereocenters. The molecule has 0 aromatic heterocycles. The fraction of sp³-hybridized carbons (Fsp3) is 0.923. The van der Waals surface area contributed by atoms with Crippen LogP contribution in [0.5, 0.6) is 0 Å². The Hall–Kier alpha value is -0.180. The standard InChI is InChI=1S/C13H24N2S/c1-4-13(3)9-16-12(15-13)14-8-11-7-5-6-10(11)2/h10-11H,4-9H2,1-3H3,(H,14,15). The minimum Gasteiger partial charge on any atom is -0.359 e. The van der Waals surface area contributed by atoms with Gasteiger partial charge in [-0.25, -0.2) is 0 Å². The molecule has 3 heteroatoms. The van der Waals surface area contributed by atoms with E-state index in [4.69, 9.17) is 4.99 Å². The average Bonchev–Trinajstić information content (AvgIpc) is 2.84. The largest absolute Gasteiger partial charge is 0.359 e. The zero-order valence-corrected chi connectivity index (χ0v) is 11.6. The molecule has 1 saturated heterocycles. The van der Waals surface area contributed by atoms with E-state index >= 15 is 0 Å². The van der Waals surface area contributed by atoms with Gasteiger partial charge in [-0.3, -0.25) is 4.99 Å². The van der Waals surface area contributed by atoms with Crippen LogP contribution in [0.2, 0.25) is 0 Å². The number of thioether (sulfide) groups is 1. The Kier molecular flexibility index (Phi) is 3.83. The van der Waals surface area contributed by atoms with Crippen LogP contribution >= 0.6 is 11.8 Å². The van der Waals surface area contributed by atoms with Crippen molar-refractivity contribution in [3.8, 4) is 0 Å². The highest BCUT2D eigenvalue weighted by Crippen LogP contribution is 2.32. The lowest BCUT2D eigenvalue weighted by Gasteiger charge is -2.21. The third-order valence-corrected chi connectivity index (χ3v) is 5.51. The van der Waals surface area contributed by atoms with Crippen molar-refractivity contribution >= 4 is 16.9 Å². The first-order chi connectivity index (χ1) is 7.63. The molecule has 1 saturated carbocycles. The summed E-state index contributed by atoms with van der Waals surface area (Å²) >= 11 is 1.90. The van der Waals surface area contributed by atoms with E-state index in [-0.39, 0.29) is 5.54 Å². The van der Waals surface area contributed by atoms with Crippen LogP contribution in [-0.2, 0) is 0 Å². The quantitative estimate of drug-likeness (QED) is 0.818. The predicted octanol–water partition coefficient (Wildman–Crippen LogP) is 3.28. The van der Waals surface area contributed by atoms with Gasteiger partial charge in [-0.15, -0.1) is 0 Å². The average molecular weight is 240 g/mol. The van der Waals surface area contributed by atoms with Gasteiger partial charge in [0.2, 0.25) is 0 Å². The third-order valence-electron chi connectivity index (χ3n) is 4.23. The minimum absolute atomic E-state index is 0.283. The van der Waals surface area contributed by atoms with E-state index in [0.717, 1.165) is 18.4 Å². The van der Waals surface area contributed by atoms with Gasteiger partial charge in [0.05, 0.1) is 0 Å². The van der Waals surface area contributed by atoms with Crippen molar-refractivity contribution in [3.05, 3.63) is 0 Å². The Morgan fingerprint density at radius 3 is 2.88 bits per heavy atom. The summed E-state index contributed by atoms with van der Waals surface area (Å²) in [6.07, 6.45) is 5.37. The first-order valence-corrected chi connectivity index (χ1v) is 7.57. The summed E-state index contributed by atoms with van der Waals surface area (Å²) in [5.74, 6) is 2.89. The summed E-state index contributed by atoms with van der Waals surface area (Å²) in [4.78, 5) is 4.77. The number of hydrogen-bond acceptors (Lipinski definition) is 2. The summed E-state index contributed by atoms with van der Waals surface area (Å²) in [5, 5.41) is 4.75. The van der Waals surface area contributed by atoms with E-state index in [1.807, 2.05) is 11.8 Å². The minimum atomic E-state index is 0.283. The van der Waals surface area contributed by atoms with E-state index in [2.05, 4.69) is 26.1 Å². The van der Waals surface area contributed by atoms with Crippen LogP contribution in [0.15, 0.2) is 4.99 Å². The molecule has 2 rings (SSSR count). The molecule has 0 aromatic rings. The number of nitrogens with one attached hydrogen (secondary N) is 1. The highest BCUT2D eigenvalue weighted by Gasteiger charge is 2.31. The molecule has 2 fully saturated rings. The fourth-order valence-electron chi connectivity index (χ4n) is 2.53. The van der Waals surface area contributed by atoms with E-state index in [0.29, 0.717) is 0 Å². The molecule has 2 aliphatic rings. The van der Waals surface area contributed by atoms with Gasteiger partial charge in [0.15, 0.2) is 5.17 Å². The molecule has 0 spiro atoms. The summed E-state index contributed by atoms with van der Waals surface area (Å²) in [5.41, 5.74) is 0.283. The molecular formula is C13H24N2S. The van der Waals surface area contributed by atoms with Gasteiger partial charge in [-0.05, 0) is 31.6 Å². The van der Waals surface area contributed by atoms with Crippen LogP contribution in [0, 0.1) is 11.8 Å². The SMILES string of the molecule is CCC1(C)CSC(=NCC2CCCC2C)N1. The van der Waals surface area contributed by atoms with Crippen LogP contribution in [0.25, 0.3) is 0 Å². The van der Waals surface area contributed by atoms with Gasteiger partial charge in [0.1, 0.15) is 0 Å². The second-order valence-electron chi connectivity index (χ2n) is 5.64. The summed E-state index contributed by atoms with van der Waals surface area (Å²) in [6, 6.07) is 0. The Labute approximate surface area is 104 Å². The van der Waals surface area contributed by atoms with Gasteiger partial charge in [0, 0.05) is 17.8 Å². The second kappa shape index (κ2) is 4.99. The van der Waals surface area contributed by atoms with Gasteiger partial charge in [-0.1, -0.05) is 38.5 Å². The van der Waals surface area contributed by atoms with E-state index in [9.17, 15) is 0 Å². The maximum absolute atomic E-state index is 4.77. The monoisotopic (exact) mass is 240 g/mol. The van der Waals surface area contributed by atoms with Crippen molar-refractivity contribution < 1.29 is 0 Å². The molecule has 3 atom stereocenters. The van der Waals surface area contributed by atoms with Crippen molar-refractivity contribution in [2.45, 2.75) is 52.0 Å². The van der Waals surface area contributed by atoms with Crippen LogP contribution in [0.3, 0.4) is 0 Å². The Bertz CT molecular complexity index is 277. The van der Waals surface area contributed by atoms with Gasteiger partial charge >= 0.3 is 0 Å². The molecule has 0 aromatic carbocycles. The topological polar surface area (TPSA) is 24.4 Å². The molecule has 0 bridgehead atoms. The zero-order valence-electron chi connectivity index (χ0n) is 10.8. The lowest BCUT2D eigenvalue weighted by Crippen LogP contribution is -2.39. The molecule has 16 heavy (non-hydrogen) atoms. The maximum Gasteiger partial charge on any atom is 0.157 e. The molecule has 1 heterocycles. The lowest BCUT2D eigenvalue weighted by molar-refractivity contribution is 0.428. The zero-order chi connectivity index (χ0) is 11.6. The van der Waals surface area contributed by atoms with Crippen molar-refractivity contribution in [2.24, 2.45) is 16.8 Å². The van der Waals surface area contributed by atoms with Crippen molar-refractivity contribution in [2.75, 3.05) is 12.3 Å². The molecule has 0 radical (unpaired) electrons. The summed E-state index contributed by atoms with van der Waals surface area (Å²) < 4.78 is 0. The molecule has 0 amide bonds. The van der Waals surface area contributed by atoms with E-state index in [1.54, 1.807) is 0 Å². The van der Waals surface area contributed by atoms with Crippen LogP contribution in [-0.4, -0.2) is 23.0 Å². The molecule has 1 aliphatic heterocycles. The van der Waals surface area contributed by atoms with Gasteiger partial charge in [0.25, 0.3) is 0 Å². The number of aliphatic imine (C=N–C) groups is 1. The Balaban J connectivity index is 1.85. The van der Waals surface area contributed by atoms with Crippen LogP contribution in [0.4, 0.5) is 0 Å². The number of amidine groups is 1. The first kappa shape index (κ1) is 12.3. The fourth-order valence-corrected chi connectivity index (χ4v) is 3.74. The highest BCUT2D eigenvalue weighted by molar-refractivity contribution is 8.14. The molecule has 1 aliphatic carbocycles. The van der Waals surface area contributed by atoms with E-state index in [1.165, 1.54) is 36.6 Å². The van der Waals surface area contributed by atoms with Crippen molar-refractivity contribution in [3.63, 3.8) is 0 Å². The Morgan fingerprint density at radius 1 is 1.50 bits per heavy atom. The molecule has 92 valence electrons. The van der Waals surface area contributed by atoms with Gasteiger partial charge < -0.3 is 5.32 Å². The highest BCUT2D eigenvalue weighted by atomic mass is 32.2. The van der Waals surface area contributed by atoms with Gasteiger partial charge in [-0.2, -0.15) is 0 Å². The lowest BCUT2D eigenvalue weighted by atomic mass is 9.99. The predicted molar refractivity (Wildman–Crippen MR) is 73.1 cm³/mol.